The maximum absolute atomic E-state index is 3.79. The molecule has 0 bridgehead atoms. The van der Waals surface area contributed by atoms with Gasteiger partial charge in [-0.15, -0.1) is 0 Å². The quantitative estimate of drug-likeness (QED) is 0.647. The molecule has 0 aromatic carbocycles. The first-order valence-corrected chi connectivity index (χ1v) is 7.55. The second-order valence-corrected chi connectivity index (χ2v) is 5.55. The van der Waals surface area contributed by atoms with Crippen LogP contribution < -0.4 is 5.32 Å². The van der Waals surface area contributed by atoms with E-state index in [0.29, 0.717) is 0 Å². The Morgan fingerprint density at radius 1 is 1.12 bits per heavy atom. The predicted molar refractivity (Wildman–Crippen MR) is 72.7 cm³/mol. The van der Waals surface area contributed by atoms with Gasteiger partial charge in [-0.25, -0.2) is 0 Å². The first-order valence-electron chi connectivity index (χ1n) is 7.55. The zero-order chi connectivity index (χ0) is 11.8. The summed E-state index contributed by atoms with van der Waals surface area (Å²) in [6, 6.07) is 0.816. The van der Waals surface area contributed by atoms with Gasteiger partial charge in [0.25, 0.3) is 0 Å². The van der Waals surface area contributed by atoms with Gasteiger partial charge in [0.05, 0.1) is 0 Å². The van der Waals surface area contributed by atoms with E-state index in [1.165, 1.54) is 57.9 Å². The number of hydrogen-bond donors (Lipinski definition) is 1. The average Bonchev–Trinajstić information content (AvgIpc) is 2.78. The molecule has 0 aliphatic heterocycles. The highest BCUT2D eigenvalue weighted by Crippen LogP contribution is 2.36. The van der Waals surface area contributed by atoms with E-state index in [1.807, 2.05) is 0 Å². The van der Waals surface area contributed by atoms with Crippen LogP contribution in [0.3, 0.4) is 0 Å². The molecule has 3 atom stereocenters. The molecule has 3 unspecified atom stereocenters. The Balaban J connectivity index is 2.35. The highest BCUT2D eigenvalue weighted by atomic mass is 14.9. The Morgan fingerprint density at radius 3 is 2.50 bits per heavy atom. The maximum atomic E-state index is 3.79. The molecule has 1 nitrogen and oxygen atoms in total. The van der Waals surface area contributed by atoms with E-state index in [-0.39, 0.29) is 0 Å². The van der Waals surface area contributed by atoms with E-state index in [1.54, 1.807) is 0 Å². The van der Waals surface area contributed by atoms with Crippen LogP contribution in [0.15, 0.2) is 0 Å². The van der Waals surface area contributed by atoms with Gasteiger partial charge in [-0.05, 0) is 44.1 Å². The van der Waals surface area contributed by atoms with Crippen molar-refractivity contribution < 1.29 is 0 Å². The summed E-state index contributed by atoms with van der Waals surface area (Å²) in [5.41, 5.74) is 0. The van der Waals surface area contributed by atoms with Crippen molar-refractivity contribution >= 4 is 0 Å². The monoisotopic (exact) mass is 225 g/mol. The van der Waals surface area contributed by atoms with Gasteiger partial charge >= 0.3 is 0 Å². The van der Waals surface area contributed by atoms with Crippen LogP contribution in [0.4, 0.5) is 0 Å². The van der Waals surface area contributed by atoms with Crippen LogP contribution in [0.1, 0.15) is 72.1 Å². The molecule has 0 aromatic heterocycles. The van der Waals surface area contributed by atoms with Gasteiger partial charge in [0.15, 0.2) is 0 Å². The fourth-order valence-corrected chi connectivity index (χ4v) is 3.11. The largest absolute Gasteiger partial charge is 0.314 e. The second kappa shape index (κ2) is 8.11. The van der Waals surface area contributed by atoms with Gasteiger partial charge < -0.3 is 5.32 Å². The van der Waals surface area contributed by atoms with Crippen molar-refractivity contribution in [2.75, 3.05) is 6.54 Å². The lowest BCUT2D eigenvalue weighted by Gasteiger charge is -2.25. The normalized spacial score (nSPS) is 27.2. The van der Waals surface area contributed by atoms with E-state index in [9.17, 15) is 0 Å². The molecule has 1 aliphatic rings. The zero-order valence-electron chi connectivity index (χ0n) is 11.6. The Labute approximate surface area is 102 Å². The average molecular weight is 225 g/mol. The Hall–Kier alpha value is -0.0400. The van der Waals surface area contributed by atoms with E-state index >= 15 is 0 Å². The molecule has 0 aromatic rings. The molecule has 16 heavy (non-hydrogen) atoms. The summed E-state index contributed by atoms with van der Waals surface area (Å²) >= 11 is 0. The molecule has 0 amide bonds. The fourth-order valence-electron chi connectivity index (χ4n) is 3.11. The number of nitrogens with one attached hydrogen (secondary N) is 1. The van der Waals surface area contributed by atoms with Crippen LogP contribution in [-0.4, -0.2) is 12.6 Å². The van der Waals surface area contributed by atoms with Crippen LogP contribution in [0.5, 0.6) is 0 Å². The molecular weight excluding hydrogens is 194 g/mol. The summed E-state index contributed by atoms with van der Waals surface area (Å²) in [6.45, 7) is 8.14. The summed E-state index contributed by atoms with van der Waals surface area (Å²) in [4.78, 5) is 0. The first-order chi connectivity index (χ1) is 7.81. The van der Waals surface area contributed by atoms with Crippen molar-refractivity contribution in [2.45, 2.75) is 78.2 Å². The van der Waals surface area contributed by atoms with Gasteiger partial charge in [0.2, 0.25) is 0 Å². The minimum atomic E-state index is 0.816. The third-order valence-electron chi connectivity index (χ3n) is 4.25. The Kier molecular flexibility index (Phi) is 7.11. The molecule has 0 saturated heterocycles. The molecule has 1 N–H and O–H groups in total. The van der Waals surface area contributed by atoms with Crippen molar-refractivity contribution in [1.82, 2.24) is 5.32 Å². The molecule has 96 valence electrons. The van der Waals surface area contributed by atoms with E-state index < -0.39 is 0 Å². The minimum Gasteiger partial charge on any atom is -0.314 e. The molecule has 0 radical (unpaired) electrons. The van der Waals surface area contributed by atoms with Gasteiger partial charge in [-0.3, -0.25) is 0 Å². The van der Waals surface area contributed by atoms with Crippen LogP contribution in [-0.2, 0) is 0 Å². The smallest absolute Gasteiger partial charge is 0.00954 e. The van der Waals surface area contributed by atoms with Crippen LogP contribution in [0.25, 0.3) is 0 Å². The molecule has 1 aliphatic carbocycles. The molecule has 1 rings (SSSR count). The SMILES string of the molecule is CCCCC(NCCC)C1CCC(CC)C1. The summed E-state index contributed by atoms with van der Waals surface area (Å²) in [7, 11) is 0. The fraction of sp³-hybridized carbons (Fsp3) is 1.00. The lowest BCUT2D eigenvalue weighted by Crippen LogP contribution is -2.35. The van der Waals surface area contributed by atoms with Gasteiger partial charge in [-0.2, -0.15) is 0 Å². The van der Waals surface area contributed by atoms with Gasteiger partial charge in [-0.1, -0.05) is 46.5 Å². The highest BCUT2D eigenvalue weighted by Gasteiger charge is 2.29. The number of hydrogen-bond acceptors (Lipinski definition) is 1. The predicted octanol–water partition coefficient (Wildman–Crippen LogP) is 4.37. The van der Waals surface area contributed by atoms with Crippen LogP contribution >= 0.6 is 0 Å². The van der Waals surface area contributed by atoms with Crippen LogP contribution in [0.2, 0.25) is 0 Å². The van der Waals surface area contributed by atoms with Crippen molar-refractivity contribution in [1.29, 1.82) is 0 Å². The summed E-state index contributed by atoms with van der Waals surface area (Å²) in [5, 5.41) is 3.79. The molecular formula is C15H31N. The minimum absolute atomic E-state index is 0.816. The van der Waals surface area contributed by atoms with Crippen molar-refractivity contribution in [3.63, 3.8) is 0 Å². The molecule has 0 spiro atoms. The Bertz CT molecular complexity index is 159. The molecule has 1 heteroatoms. The zero-order valence-corrected chi connectivity index (χ0v) is 11.6. The van der Waals surface area contributed by atoms with E-state index in [0.717, 1.165) is 17.9 Å². The maximum Gasteiger partial charge on any atom is 0.00954 e. The first kappa shape index (κ1) is 14.0. The van der Waals surface area contributed by atoms with E-state index in [2.05, 4.69) is 26.1 Å². The molecule has 1 saturated carbocycles. The number of rotatable bonds is 8. The van der Waals surface area contributed by atoms with Crippen LogP contribution in [0, 0.1) is 11.8 Å². The Morgan fingerprint density at radius 2 is 1.94 bits per heavy atom. The van der Waals surface area contributed by atoms with Gasteiger partial charge in [0.1, 0.15) is 0 Å². The summed E-state index contributed by atoms with van der Waals surface area (Å²) in [5.74, 6) is 2.00. The third-order valence-corrected chi connectivity index (χ3v) is 4.25. The molecule has 1 fully saturated rings. The lowest BCUT2D eigenvalue weighted by atomic mass is 9.92. The third kappa shape index (κ3) is 4.45. The highest BCUT2D eigenvalue weighted by molar-refractivity contribution is 4.84. The second-order valence-electron chi connectivity index (χ2n) is 5.55. The van der Waals surface area contributed by atoms with E-state index in [4.69, 9.17) is 0 Å². The topological polar surface area (TPSA) is 12.0 Å². The standard InChI is InChI=1S/C15H31N/c1-4-7-8-15(16-11-5-2)14-10-9-13(6-3)12-14/h13-16H,4-12H2,1-3H3. The van der Waals surface area contributed by atoms with Crippen molar-refractivity contribution in [3.8, 4) is 0 Å². The number of unbranched alkanes of at least 4 members (excludes halogenated alkanes) is 1. The summed E-state index contributed by atoms with van der Waals surface area (Å²) < 4.78 is 0. The lowest BCUT2D eigenvalue weighted by molar-refractivity contribution is 0.323. The van der Waals surface area contributed by atoms with Crippen molar-refractivity contribution in [2.24, 2.45) is 11.8 Å². The van der Waals surface area contributed by atoms with Gasteiger partial charge in [0, 0.05) is 6.04 Å². The molecule has 0 heterocycles. The summed E-state index contributed by atoms with van der Waals surface area (Å²) in [6.07, 6.45) is 11.3. The van der Waals surface area contributed by atoms with Crippen molar-refractivity contribution in [3.05, 3.63) is 0 Å².